The summed E-state index contributed by atoms with van der Waals surface area (Å²) >= 11 is 0. The molecule has 0 aliphatic carbocycles. The van der Waals surface area contributed by atoms with Crippen LogP contribution in [0.4, 0.5) is 0 Å². The molecule has 1 atom stereocenters. The molecule has 2 N–H and O–H groups in total. The van der Waals surface area contributed by atoms with Gasteiger partial charge in [-0.25, -0.2) is 4.98 Å². The first-order valence-corrected chi connectivity index (χ1v) is 5.90. The molecule has 0 amide bonds. The third-order valence-corrected chi connectivity index (χ3v) is 2.88. The van der Waals surface area contributed by atoms with Crippen molar-refractivity contribution in [3.8, 4) is 0 Å². The first-order chi connectivity index (χ1) is 7.46. The van der Waals surface area contributed by atoms with Crippen molar-refractivity contribution >= 4 is 0 Å². The fraction of sp³-hybridized carbons (Fsp3) is 0.750. The Kier molecular flexibility index (Phi) is 4.50. The van der Waals surface area contributed by atoms with E-state index in [0.717, 1.165) is 18.7 Å². The Balaban J connectivity index is 2.46. The fourth-order valence-electron chi connectivity index (χ4n) is 1.52. The topological polar surface area (TPSA) is 50.1 Å². The molecular formula is C12H23N3O. The van der Waals surface area contributed by atoms with Gasteiger partial charge in [-0.05, 0) is 27.2 Å². The first-order valence-electron chi connectivity index (χ1n) is 5.90. The highest BCUT2D eigenvalue weighted by Gasteiger charge is 2.16. The minimum atomic E-state index is -0.622. The molecule has 0 aromatic carbocycles. The van der Waals surface area contributed by atoms with E-state index >= 15 is 0 Å². The summed E-state index contributed by atoms with van der Waals surface area (Å²) in [6.07, 6.45) is 4.47. The van der Waals surface area contributed by atoms with E-state index in [2.05, 4.69) is 28.7 Å². The molecule has 4 heteroatoms. The maximum Gasteiger partial charge on any atom is 0.0951 e. The zero-order chi connectivity index (χ0) is 12.2. The van der Waals surface area contributed by atoms with E-state index < -0.39 is 5.60 Å². The van der Waals surface area contributed by atoms with Crippen molar-refractivity contribution in [2.75, 3.05) is 6.54 Å². The Hall–Kier alpha value is -0.870. The van der Waals surface area contributed by atoms with Crippen molar-refractivity contribution in [3.63, 3.8) is 0 Å². The molecule has 1 aromatic heterocycles. The number of aromatic nitrogens is 2. The lowest BCUT2D eigenvalue weighted by molar-refractivity contribution is 0.0554. The van der Waals surface area contributed by atoms with Crippen molar-refractivity contribution < 1.29 is 5.11 Å². The summed E-state index contributed by atoms with van der Waals surface area (Å²) in [6.45, 7) is 9.45. The number of imidazole rings is 1. The van der Waals surface area contributed by atoms with Gasteiger partial charge in [-0.2, -0.15) is 0 Å². The average Bonchev–Trinajstić information content (AvgIpc) is 2.66. The van der Waals surface area contributed by atoms with Crippen LogP contribution in [0, 0.1) is 0 Å². The monoisotopic (exact) mass is 225 g/mol. The van der Waals surface area contributed by atoms with Crippen LogP contribution < -0.4 is 5.32 Å². The standard InChI is InChI=1S/C12H23N3O/c1-5-12(4,16)8-13-6-11-7-14-9-15(11)10(2)3/h7,9-10,13,16H,5-6,8H2,1-4H3. The largest absolute Gasteiger partial charge is 0.389 e. The van der Waals surface area contributed by atoms with Gasteiger partial charge in [0.15, 0.2) is 0 Å². The van der Waals surface area contributed by atoms with Crippen LogP contribution in [0.2, 0.25) is 0 Å². The number of hydrogen-bond acceptors (Lipinski definition) is 3. The third kappa shape index (κ3) is 3.61. The fourth-order valence-corrected chi connectivity index (χ4v) is 1.52. The van der Waals surface area contributed by atoms with Crippen LogP contribution in [0.1, 0.15) is 45.9 Å². The van der Waals surface area contributed by atoms with Gasteiger partial charge < -0.3 is 15.0 Å². The van der Waals surface area contributed by atoms with Crippen molar-refractivity contribution in [2.24, 2.45) is 0 Å². The van der Waals surface area contributed by atoms with Crippen LogP contribution in [-0.4, -0.2) is 26.8 Å². The Morgan fingerprint density at radius 2 is 2.25 bits per heavy atom. The van der Waals surface area contributed by atoms with Gasteiger partial charge in [0.25, 0.3) is 0 Å². The van der Waals surface area contributed by atoms with E-state index in [1.54, 1.807) is 0 Å². The second kappa shape index (κ2) is 5.46. The van der Waals surface area contributed by atoms with E-state index in [-0.39, 0.29) is 0 Å². The van der Waals surface area contributed by atoms with Crippen LogP contribution in [0.5, 0.6) is 0 Å². The van der Waals surface area contributed by atoms with Gasteiger partial charge in [-0.15, -0.1) is 0 Å². The quantitative estimate of drug-likeness (QED) is 0.775. The van der Waals surface area contributed by atoms with Crippen LogP contribution in [0.3, 0.4) is 0 Å². The summed E-state index contributed by atoms with van der Waals surface area (Å²) in [5.74, 6) is 0. The SMILES string of the molecule is CCC(C)(O)CNCc1cncn1C(C)C. The number of nitrogens with one attached hydrogen (secondary N) is 1. The zero-order valence-corrected chi connectivity index (χ0v) is 10.7. The molecule has 0 aliphatic rings. The molecule has 1 heterocycles. The summed E-state index contributed by atoms with van der Waals surface area (Å²) in [4.78, 5) is 4.14. The molecule has 1 unspecified atom stereocenters. The van der Waals surface area contributed by atoms with E-state index in [1.807, 2.05) is 26.4 Å². The second-order valence-electron chi connectivity index (χ2n) is 4.84. The summed E-state index contributed by atoms with van der Waals surface area (Å²) < 4.78 is 2.13. The van der Waals surface area contributed by atoms with E-state index in [9.17, 15) is 5.11 Å². The van der Waals surface area contributed by atoms with Crippen LogP contribution in [0.15, 0.2) is 12.5 Å². The maximum absolute atomic E-state index is 9.85. The molecule has 0 fully saturated rings. The number of nitrogens with zero attached hydrogens (tertiary/aromatic N) is 2. The molecule has 4 nitrogen and oxygen atoms in total. The molecule has 1 aromatic rings. The van der Waals surface area contributed by atoms with Gasteiger partial charge in [0, 0.05) is 25.3 Å². The predicted molar refractivity (Wildman–Crippen MR) is 65.2 cm³/mol. The molecule has 0 saturated carbocycles. The summed E-state index contributed by atoms with van der Waals surface area (Å²) in [7, 11) is 0. The first kappa shape index (κ1) is 13.2. The van der Waals surface area contributed by atoms with Crippen molar-refractivity contribution in [2.45, 2.75) is 52.3 Å². The minimum Gasteiger partial charge on any atom is -0.389 e. The molecule has 92 valence electrons. The van der Waals surface area contributed by atoms with Crippen molar-refractivity contribution in [1.82, 2.24) is 14.9 Å². The van der Waals surface area contributed by atoms with Gasteiger partial charge in [0.2, 0.25) is 0 Å². The highest BCUT2D eigenvalue weighted by molar-refractivity contribution is 4.99. The highest BCUT2D eigenvalue weighted by atomic mass is 16.3. The van der Waals surface area contributed by atoms with E-state index in [0.29, 0.717) is 12.6 Å². The molecule has 0 saturated heterocycles. The van der Waals surface area contributed by atoms with Crippen LogP contribution in [0.25, 0.3) is 0 Å². The molecule has 16 heavy (non-hydrogen) atoms. The molecule has 0 aliphatic heterocycles. The van der Waals surface area contributed by atoms with Gasteiger partial charge in [0.1, 0.15) is 0 Å². The van der Waals surface area contributed by atoms with E-state index in [4.69, 9.17) is 0 Å². The lowest BCUT2D eigenvalue weighted by atomic mass is 10.0. The predicted octanol–water partition coefficient (Wildman–Crippen LogP) is 1.71. The summed E-state index contributed by atoms with van der Waals surface area (Å²) in [5, 5.41) is 13.1. The summed E-state index contributed by atoms with van der Waals surface area (Å²) in [6, 6.07) is 0.422. The van der Waals surface area contributed by atoms with Crippen LogP contribution >= 0.6 is 0 Å². The Labute approximate surface area is 97.7 Å². The zero-order valence-electron chi connectivity index (χ0n) is 10.7. The molecule has 0 bridgehead atoms. The molecule has 0 radical (unpaired) electrons. The third-order valence-electron chi connectivity index (χ3n) is 2.88. The second-order valence-corrected chi connectivity index (χ2v) is 4.84. The Morgan fingerprint density at radius 3 is 2.81 bits per heavy atom. The molecule has 0 spiro atoms. The van der Waals surface area contributed by atoms with Gasteiger partial charge in [0.05, 0.1) is 17.6 Å². The minimum absolute atomic E-state index is 0.422. The average molecular weight is 225 g/mol. The van der Waals surface area contributed by atoms with Crippen molar-refractivity contribution in [1.29, 1.82) is 0 Å². The number of hydrogen-bond donors (Lipinski definition) is 2. The Morgan fingerprint density at radius 1 is 1.56 bits per heavy atom. The summed E-state index contributed by atoms with van der Waals surface area (Å²) in [5.41, 5.74) is 0.532. The maximum atomic E-state index is 9.85. The normalized spacial score (nSPS) is 15.4. The Bertz CT molecular complexity index is 318. The van der Waals surface area contributed by atoms with Gasteiger partial charge >= 0.3 is 0 Å². The van der Waals surface area contributed by atoms with Crippen molar-refractivity contribution in [3.05, 3.63) is 18.2 Å². The lowest BCUT2D eigenvalue weighted by Crippen LogP contribution is -2.37. The highest BCUT2D eigenvalue weighted by Crippen LogP contribution is 2.10. The smallest absolute Gasteiger partial charge is 0.0951 e. The van der Waals surface area contributed by atoms with Gasteiger partial charge in [-0.1, -0.05) is 6.92 Å². The van der Waals surface area contributed by atoms with Crippen LogP contribution in [-0.2, 0) is 6.54 Å². The lowest BCUT2D eigenvalue weighted by Gasteiger charge is -2.22. The van der Waals surface area contributed by atoms with Gasteiger partial charge in [-0.3, -0.25) is 0 Å². The molecular weight excluding hydrogens is 202 g/mol. The number of rotatable bonds is 6. The van der Waals surface area contributed by atoms with E-state index in [1.165, 1.54) is 0 Å². The molecule has 1 rings (SSSR count). The number of aliphatic hydroxyl groups is 1.